The molecule has 2 N–H and O–H groups in total. The van der Waals surface area contributed by atoms with Crippen LogP contribution in [0.3, 0.4) is 0 Å². The molecular weight excluding hydrogens is 352 g/mol. The molecule has 2 aliphatic rings. The van der Waals surface area contributed by atoms with Gasteiger partial charge >= 0.3 is 0 Å². The van der Waals surface area contributed by atoms with Gasteiger partial charge in [-0.3, -0.25) is 4.79 Å². The van der Waals surface area contributed by atoms with Gasteiger partial charge in [0.05, 0.1) is 12.6 Å². The SMILES string of the molecule is CO[C@@H]1C[C@@H](C(=O)NCCOc2nonc2C)CC[C@H]1NC1CCOCC1. The summed E-state index contributed by atoms with van der Waals surface area (Å²) < 4.78 is 21.1. The smallest absolute Gasteiger partial charge is 0.278 e. The van der Waals surface area contributed by atoms with E-state index >= 15 is 0 Å². The van der Waals surface area contributed by atoms with Crippen LogP contribution in [0, 0.1) is 12.8 Å². The van der Waals surface area contributed by atoms with Crippen molar-refractivity contribution in [3.63, 3.8) is 0 Å². The predicted octanol–water partition coefficient (Wildman–Crippen LogP) is 0.825. The van der Waals surface area contributed by atoms with Crippen LogP contribution in [0.15, 0.2) is 4.63 Å². The molecule has 1 aromatic heterocycles. The van der Waals surface area contributed by atoms with E-state index in [0.717, 1.165) is 45.3 Å². The normalized spacial score (nSPS) is 26.7. The number of nitrogens with one attached hydrogen (secondary N) is 2. The molecule has 2 heterocycles. The van der Waals surface area contributed by atoms with E-state index in [4.69, 9.17) is 14.2 Å². The molecule has 0 spiro atoms. The number of aryl methyl sites for hydroxylation is 1. The monoisotopic (exact) mass is 382 g/mol. The molecule has 0 radical (unpaired) electrons. The summed E-state index contributed by atoms with van der Waals surface area (Å²) in [6, 6.07) is 0.784. The van der Waals surface area contributed by atoms with E-state index in [2.05, 4.69) is 25.6 Å². The van der Waals surface area contributed by atoms with Crippen LogP contribution in [0.1, 0.15) is 37.8 Å². The summed E-state index contributed by atoms with van der Waals surface area (Å²) in [5.74, 6) is 0.390. The van der Waals surface area contributed by atoms with Gasteiger partial charge in [0, 0.05) is 38.3 Å². The molecule has 1 saturated heterocycles. The highest BCUT2D eigenvalue weighted by molar-refractivity contribution is 5.78. The fourth-order valence-corrected chi connectivity index (χ4v) is 3.81. The van der Waals surface area contributed by atoms with Crippen molar-refractivity contribution >= 4 is 5.91 Å². The Balaban J connectivity index is 1.38. The topological polar surface area (TPSA) is 108 Å². The van der Waals surface area contributed by atoms with E-state index in [-0.39, 0.29) is 17.9 Å². The van der Waals surface area contributed by atoms with Crippen molar-refractivity contribution in [2.75, 3.05) is 33.5 Å². The average molecular weight is 382 g/mol. The lowest BCUT2D eigenvalue weighted by Crippen LogP contribution is -2.52. The van der Waals surface area contributed by atoms with Crippen LogP contribution in [0.2, 0.25) is 0 Å². The van der Waals surface area contributed by atoms with E-state index in [9.17, 15) is 4.79 Å². The first kappa shape index (κ1) is 20.0. The minimum absolute atomic E-state index is 0.0295. The predicted molar refractivity (Wildman–Crippen MR) is 96.4 cm³/mol. The summed E-state index contributed by atoms with van der Waals surface area (Å²) >= 11 is 0. The average Bonchev–Trinajstić information content (AvgIpc) is 3.11. The van der Waals surface area contributed by atoms with Gasteiger partial charge in [-0.1, -0.05) is 5.16 Å². The number of hydrogen-bond acceptors (Lipinski definition) is 8. The van der Waals surface area contributed by atoms with Gasteiger partial charge in [-0.05, 0) is 44.2 Å². The second kappa shape index (κ2) is 10.0. The third-order valence-electron chi connectivity index (χ3n) is 5.39. The highest BCUT2D eigenvalue weighted by Gasteiger charge is 2.35. The molecule has 1 aliphatic heterocycles. The second-order valence-corrected chi connectivity index (χ2v) is 7.24. The molecule has 3 atom stereocenters. The standard InChI is InChI=1S/C18H30N4O5/c1-12-18(22-27-21-12)26-10-7-19-17(23)13-3-4-15(16(11-13)24-2)20-14-5-8-25-9-6-14/h13-16,20H,3-11H2,1-2H3,(H,19,23)/t13-,15+,16+/m0/s1. The minimum Gasteiger partial charge on any atom is -0.472 e. The number of amides is 1. The summed E-state index contributed by atoms with van der Waals surface area (Å²) in [5.41, 5.74) is 0.597. The van der Waals surface area contributed by atoms with E-state index in [1.54, 1.807) is 14.0 Å². The zero-order valence-corrected chi connectivity index (χ0v) is 16.1. The number of aromatic nitrogens is 2. The first-order valence-electron chi connectivity index (χ1n) is 9.73. The molecule has 3 rings (SSSR count). The summed E-state index contributed by atoms with van der Waals surface area (Å²) in [6.45, 7) is 4.14. The summed E-state index contributed by atoms with van der Waals surface area (Å²) in [4.78, 5) is 12.5. The Morgan fingerprint density at radius 2 is 2.04 bits per heavy atom. The largest absolute Gasteiger partial charge is 0.472 e. The lowest BCUT2D eigenvalue weighted by atomic mass is 9.82. The van der Waals surface area contributed by atoms with Crippen LogP contribution >= 0.6 is 0 Å². The molecule has 1 saturated carbocycles. The van der Waals surface area contributed by atoms with Crippen molar-refractivity contribution in [3.05, 3.63) is 5.69 Å². The number of hydrogen-bond donors (Lipinski definition) is 2. The van der Waals surface area contributed by atoms with Gasteiger partial charge in [-0.25, -0.2) is 4.63 Å². The van der Waals surface area contributed by atoms with Crippen LogP contribution in [-0.2, 0) is 14.3 Å². The molecular formula is C18H30N4O5. The van der Waals surface area contributed by atoms with Crippen molar-refractivity contribution in [3.8, 4) is 5.88 Å². The molecule has 152 valence electrons. The third-order valence-corrected chi connectivity index (χ3v) is 5.39. The Morgan fingerprint density at radius 3 is 2.74 bits per heavy atom. The van der Waals surface area contributed by atoms with Gasteiger partial charge in [0.2, 0.25) is 5.91 Å². The Morgan fingerprint density at radius 1 is 1.22 bits per heavy atom. The quantitative estimate of drug-likeness (QED) is 0.637. The van der Waals surface area contributed by atoms with Gasteiger partial charge in [0.25, 0.3) is 5.88 Å². The van der Waals surface area contributed by atoms with Crippen LogP contribution in [0.4, 0.5) is 0 Å². The number of methoxy groups -OCH3 is 1. The van der Waals surface area contributed by atoms with Crippen LogP contribution in [0.25, 0.3) is 0 Å². The Bertz CT molecular complexity index is 590. The van der Waals surface area contributed by atoms with E-state index < -0.39 is 0 Å². The first-order chi connectivity index (χ1) is 13.2. The number of carbonyl (C=O) groups excluding carboxylic acids is 1. The minimum atomic E-state index is -0.0295. The van der Waals surface area contributed by atoms with E-state index in [1.165, 1.54) is 0 Å². The highest BCUT2D eigenvalue weighted by Crippen LogP contribution is 2.28. The van der Waals surface area contributed by atoms with E-state index in [1.807, 2.05) is 0 Å². The van der Waals surface area contributed by atoms with Crippen molar-refractivity contribution < 1.29 is 23.6 Å². The number of rotatable bonds is 8. The number of ether oxygens (including phenoxy) is 3. The van der Waals surface area contributed by atoms with Gasteiger partial charge in [0.1, 0.15) is 12.3 Å². The Hall–Kier alpha value is -1.71. The van der Waals surface area contributed by atoms with Crippen molar-refractivity contribution in [2.45, 2.75) is 57.2 Å². The molecule has 1 amide bonds. The van der Waals surface area contributed by atoms with E-state index in [0.29, 0.717) is 36.8 Å². The number of nitrogens with zero attached hydrogens (tertiary/aromatic N) is 2. The van der Waals surface area contributed by atoms with Gasteiger partial charge < -0.3 is 24.8 Å². The highest BCUT2D eigenvalue weighted by atomic mass is 16.6. The second-order valence-electron chi connectivity index (χ2n) is 7.24. The molecule has 9 nitrogen and oxygen atoms in total. The van der Waals surface area contributed by atoms with Crippen LogP contribution in [-0.4, -0.2) is 67.9 Å². The zero-order valence-electron chi connectivity index (χ0n) is 16.1. The Labute approximate surface area is 159 Å². The third kappa shape index (κ3) is 5.63. The van der Waals surface area contributed by atoms with Crippen molar-refractivity contribution in [1.82, 2.24) is 20.9 Å². The fourth-order valence-electron chi connectivity index (χ4n) is 3.81. The summed E-state index contributed by atoms with van der Waals surface area (Å²) in [6.07, 6.45) is 4.66. The van der Waals surface area contributed by atoms with Crippen LogP contribution in [0.5, 0.6) is 5.88 Å². The molecule has 0 bridgehead atoms. The zero-order chi connectivity index (χ0) is 19.1. The maximum atomic E-state index is 12.5. The summed E-state index contributed by atoms with van der Waals surface area (Å²) in [5, 5.41) is 13.9. The van der Waals surface area contributed by atoms with Gasteiger partial charge in [-0.15, -0.1) is 0 Å². The van der Waals surface area contributed by atoms with Crippen molar-refractivity contribution in [1.29, 1.82) is 0 Å². The summed E-state index contributed by atoms with van der Waals surface area (Å²) in [7, 11) is 1.73. The Kier molecular flexibility index (Phi) is 7.42. The maximum Gasteiger partial charge on any atom is 0.278 e. The lowest BCUT2D eigenvalue weighted by Gasteiger charge is -2.38. The van der Waals surface area contributed by atoms with Gasteiger partial charge in [-0.2, -0.15) is 0 Å². The number of carbonyl (C=O) groups is 1. The maximum absolute atomic E-state index is 12.5. The molecule has 1 aliphatic carbocycles. The molecule has 1 aromatic rings. The fraction of sp³-hybridized carbons (Fsp3) is 0.833. The first-order valence-corrected chi connectivity index (χ1v) is 9.73. The van der Waals surface area contributed by atoms with Gasteiger partial charge in [0.15, 0.2) is 0 Å². The molecule has 0 aromatic carbocycles. The molecule has 0 unspecified atom stereocenters. The van der Waals surface area contributed by atoms with Crippen LogP contribution < -0.4 is 15.4 Å². The molecule has 27 heavy (non-hydrogen) atoms. The van der Waals surface area contributed by atoms with Crippen molar-refractivity contribution in [2.24, 2.45) is 5.92 Å². The lowest BCUT2D eigenvalue weighted by molar-refractivity contribution is -0.128. The molecule has 2 fully saturated rings. The molecule has 9 heteroatoms.